The maximum atomic E-state index is 9.66. The van der Waals surface area contributed by atoms with Gasteiger partial charge in [-0.2, -0.15) is 0 Å². The number of aliphatic imine (C=N–C) groups is 1. The van der Waals surface area contributed by atoms with Crippen LogP contribution in [0.5, 0.6) is 11.5 Å². The minimum absolute atomic E-state index is 0.0201. The van der Waals surface area contributed by atoms with E-state index in [1.54, 1.807) is 42.5 Å². The van der Waals surface area contributed by atoms with Crippen molar-refractivity contribution in [1.82, 2.24) is 0 Å². The highest BCUT2D eigenvalue weighted by Gasteiger charge is 2.02. The molecule has 0 aliphatic heterocycles. The molecule has 0 aliphatic carbocycles. The Balaban J connectivity index is 2.33. The molecular weight excluding hydrogens is 238 g/mol. The van der Waals surface area contributed by atoms with E-state index in [1.807, 2.05) is 0 Å². The van der Waals surface area contributed by atoms with Crippen molar-refractivity contribution in [3.8, 4) is 11.5 Å². The molecule has 2 aromatic rings. The van der Waals surface area contributed by atoms with Crippen LogP contribution in [0.3, 0.4) is 0 Å². The Morgan fingerprint density at radius 1 is 1.00 bits per heavy atom. The maximum Gasteiger partial charge on any atom is 0.142 e. The third-order valence-electron chi connectivity index (χ3n) is 2.24. The normalized spacial score (nSPS) is 10.9. The second-order valence-corrected chi connectivity index (χ2v) is 3.83. The summed E-state index contributed by atoms with van der Waals surface area (Å²) in [5.74, 6) is 0.0682. The lowest BCUT2D eigenvalue weighted by molar-refractivity contribution is 0.474. The first-order valence-corrected chi connectivity index (χ1v) is 5.36. The van der Waals surface area contributed by atoms with Crippen molar-refractivity contribution in [1.29, 1.82) is 0 Å². The van der Waals surface area contributed by atoms with Crippen LogP contribution in [-0.4, -0.2) is 16.4 Å². The molecule has 0 aliphatic rings. The summed E-state index contributed by atoms with van der Waals surface area (Å²) in [6.07, 6.45) is 1.45. The first-order valence-electron chi connectivity index (χ1n) is 4.98. The molecule has 0 bridgehead atoms. The summed E-state index contributed by atoms with van der Waals surface area (Å²) in [6.45, 7) is 0. The van der Waals surface area contributed by atoms with Crippen LogP contribution < -0.4 is 0 Å². The highest BCUT2D eigenvalue weighted by Crippen LogP contribution is 2.28. The summed E-state index contributed by atoms with van der Waals surface area (Å²) in [5, 5.41) is 19.4. The molecule has 0 saturated heterocycles. The van der Waals surface area contributed by atoms with Crippen LogP contribution in [0, 0.1) is 0 Å². The number of hydrogen-bond acceptors (Lipinski definition) is 3. The number of hydrogen-bond donors (Lipinski definition) is 2. The summed E-state index contributed by atoms with van der Waals surface area (Å²) < 4.78 is 0. The van der Waals surface area contributed by atoms with Crippen molar-refractivity contribution < 1.29 is 10.2 Å². The van der Waals surface area contributed by atoms with Gasteiger partial charge in [-0.25, -0.2) is 0 Å². The van der Waals surface area contributed by atoms with Gasteiger partial charge in [-0.05, 0) is 24.3 Å². The van der Waals surface area contributed by atoms with Crippen molar-refractivity contribution in [2.75, 3.05) is 0 Å². The Morgan fingerprint density at radius 2 is 1.76 bits per heavy atom. The van der Waals surface area contributed by atoms with Gasteiger partial charge in [0.15, 0.2) is 0 Å². The van der Waals surface area contributed by atoms with Gasteiger partial charge in [-0.3, -0.25) is 4.99 Å². The van der Waals surface area contributed by atoms with Crippen LogP contribution in [0.2, 0.25) is 5.02 Å². The van der Waals surface area contributed by atoms with Gasteiger partial charge in [-0.15, -0.1) is 0 Å². The zero-order chi connectivity index (χ0) is 12.3. The fourth-order valence-electron chi connectivity index (χ4n) is 1.35. The molecule has 86 valence electrons. The molecule has 17 heavy (non-hydrogen) atoms. The van der Waals surface area contributed by atoms with E-state index in [9.17, 15) is 10.2 Å². The lowest BCUT2D eigenvalue weighted by Crippen LogP contribution is -1.82. The second-order valence-electron chi connectivity index (χ2n) is 3.42. The molecule has 0 saturated carbocycles. The summed E-state index contributed by atoms with van der Waals surface area (Å²) in [7, 11) is 0. The summed E-state index contributed by atoms with van der Waals surface area (Å²) in [4.78, 5) is 4.08. The van der Waals surface area contributed by atoms with E-state index in [1.165, 1.54) is 6.21 Å². The Morgan fingerprint density at radius 3 is 2.53 bits per heavy atom. The fraction of sp³-hybridized carbons (Fsp3) is 0. The predicted octanol–water partition coefficient (Wildman–Crippen LogP) is 3.50. The zero-order valence-corrected chi connectivity index (χ0v) is 9.59. The van der Waals surface area contributed by atoms with E-state index < -0.39 is 0 Å². The molecule has 2 rings (SSSR count). The van der Waals surface area contributed by atoms with E-state index in [0.29, 0.717) is 11.3 Å². The van der Waals surface area contributed by atoms with Gasteiger partial charge in [0.1, 0.15) is 17.2 Å². The van der Waals surface area contributed by atoms with Crippen molar-refractivity contribution in [3.63, 3.8) is 0 Å². The molecule has 0 atom stereocenters. The van der Waals surface area contributed by atoms with Crippen LogP contribution in [-0.2, 0) is 0 Å². The van der Waals surface area contributed by atoms with E-state index in [-0.39, 0.29) is 16.5 Å². The number of phenols is 2. The van der Waals surface area contributed by atoms with Gasteiger partial charge in [0.2, 0.25) is 0 Å². The number of phenolic OH excluding ortho intramolecular Hbond substituents is 2. The van der Waals surface area contributed by atoms with Crippen LogP contribution in [0.15, 0.2) is 47.5 Å². The molecule has 0 unspecified atom stereocenters. The van der Waals surface area contributed by atoms with Crippen molar-refractivity contribution >= 4 is 23.5 Å². The number of para-hydroxylation sites is 3. The SMILES string of the molecule is Oc1ccccc1N=Cc1cccc(Cl)c1O. The minimum atomic E-state index is -0.0201. The lowest BCUT2D eigenvalue weighted by atomic mass is 10.2. The minimum Gasteiger partial charge on any atom is -0.506 e. The number of halogens is 1. The maximum absolute atomic E-state index is 9.66. The third kappa shape index (κ3) is 2.57. The molecule has 2 aromatic carbocycles. The Labute approximate surface area is 104 Å². The Hall–Kier alpha value is -2.00. The molecular formula is C13H10ClNO2. The molecule has 0 aromatic heterocycles. The molecule has 0 radical (unpaired) electrons. The number of rotatable bonds is 2. The van der Waals surface area contributed by atoms with Crippen molar-refractivity contribution in [2.45, 2.75) is 0 Å². The molecule has 2 N–H and O–H groups in total. The fourth-order valence-corrected chi connectivity index (χ4v) is 1.53. The number of benzene rings is 2. The molecule has 3 nitrogen and oxygen atoms in total. The quantitative estimate of drug-likeness (QED) is 0.798. The monoisotopic (exact) mass is 247 g/mol. The highest BCUT2D eigenvalue weighted by atomic mass is 35.5. The van der Waals surface area contributed by atoms with E-state index in [2.05, 4.69) is 4.99 Å². The second kappa shape index (κ2) is 4.89. The Kier molecular flexibility index (Phi) is 3.30. The van der Waals surface area contributed by atoms with Gasteiger partial charge in [0.25, 0.3) is 0 Å². The summed E-state index contributed by atoms with van der Waals surface area (Å²) in [6, 6.07) is 11.7. The van der Waals surface area contributed by atoms with Crippen molar-refractivity contribution in [2.24, 2.45) is 4.99 Å². The Bertz CT molecular complexity index is 567. The lowest BCUT2D eigenvalue weighted by Gasteiger charge is -2.01. The average molecular weight is 248 g/mol. The molecule has 0 fully saturated rings. The molecule has 0 amide bonds. The average Bonchev–Trinajstić information content (AvgIpc) is 2.33. The van der Waals surface area contributed by atoms with E-state index in [4.69, 9.17) is 11.6 Å². The highest BCUT2D eigenvalue weighted by molar-refractivity contribution is 6.32. The smallest absolute Gasteiger partial charge is 0.142 e. The number of aromatic hydroxyl groups is 2. The summed E-state index contributed by atoms with van der Waals surface area (Å²) in [5.41, 5.74) is 0.938. The largest absolute Gasteiger partial charge is 0.506 e. The molecule has 4 heteroatoms. The third-order valence-corrected chi connectivity index (χ3v) is 2.55. The van der Waals surface area contributed by atoms with Crippen LogP contribution in [0.1, 0.15) is 5.56 Å². The summed E-state index contributed by atoms with van der Waals surface area (Å²) >= 11 is 5.77. The van der Waals surface area contributed by atoms with Crippen LogP contribution in [0.25, 0.3) is 0 Å². The molecule has 0 spiro atoms. The van der Waals surface area contributed by atoms with Gasteiger partial charge < -0.3 is 10.2 Å². The van der Waals surface area contributed by atoms with E-state index in [0.717, 1.165) is 0 Å². The van der Waals surface area contributed by atoms with Crippen LogP contribution >= 0.6 is 11.6 Å². The van der Waals surface area contributed by atoms with E-state index >= 15 is 0 Å². The van der Waals surface area contributed by atoms with Gasteiger partial charge in [-0.1, -0.05) is 29.8 Å². The molecule has 0 heterocycles. The zero-order valence-electron chi connectivity index (χ0n) is 8.84. The first-order chi connectivity index (χ1) is 8.18. The topological polar surface area (TPSA) is 52.8 Å². The van der Waals surface area contributed by atoms with Gasteiger partial charge >= 0.3 is 0 Å². The van der Waals surface area contributed by atoms with Crippen molar-refractivity contribution in [3.05, 3.63) is 53.1 Å². The number of nitrogens with zero attached hydrogens (tertiary/aromatic N) is 1. The van der Waals surface area contributed by atoms with Gasteiger partial charge in [0, 0.05) is 11.8 Å². The van der Waals surface area contributed by atoms with Crippen LogP contribution in [0.4, 0.5) is 5.69 Å². The van der Waals surface area contributed by atoms with Gasteiger partial charge in [0.05, 0.1) is 5.02 Å². The predicted molar refractivity (Wildman–Crippen MR) is 68.5 cm³/mol. The standard InChI is InChI=1S/C13H10ClNO2/c14-10-5-3-4-9(13(10)17)8-15-11-6-1-2-7-12(11)16/h1-8,16-17H. The first kappa shape index (κ1) is 11.5.